The van der Waals surface area contributed by atoms with Crippen molar-refractivity contribution in [3.05, 3.63) is 0 Å². The highest BCUT2D eigenvalue weighted by Crippen LogP contribution is 2.57. The van der Waals surface area contributed by atoms with Gasteiger partial charge in [0.2, 0.25) is 0 Å². The first-order valence-electron chi connectivity index (χ1n) is 4.87. The van der Waals surface area contributed by atoms with Crippen molar-refractivity contribution in [2.24, 2.45) is 17.3 Å². The normalized spacial score (nSPS) is 55.4. The van der Waals surface area contributed by atoms with Gasteiger partial charge in [-0.15, -0.1) is 0 Å². The third-order valence-corrected chi connectivity index (χ3v) is 4.04. The Balaban J connectivity index is 2.03. The second-order valence-electron chi connectivity index (χ2n) is 4.61. The van der Waals surface area contributed by atoms with Crippen molar-refractivity contribution in [2.45, 2.75) is 31.8 Å². The second kappa shape index (κ2) is 2.03. The maximum absolute atomic E-state index is 9.16. The number of hydrogen-bond acceptors (Lipinski definition) is 2. The first-order chi connectivity index (χ1) is 5.84. The van der Waals surface area contributed by atoms with Gasteiger partial charge in [0, 0.05) is 5.92 Å². The summed E-state index contributed by atoms with van der Waals surface area (Å²) in [5, 5.41) is 9.16. The Morgan fingerprint density at radius 3 is 3.00 bits per heavy atom. The van der Waals surface area contributed by atoms with Crippen LogP contribution in [0.1, 0.15) is 25.7 Å². The highest BCUT2D eigenvalue weighted by molar-refractivity contribution is 5.15. The fraction of sp³-hybridized carbons (Fsp3) is 0.900. The smallest absolute Gasteiger partial charge is 0.0862 e. The van der Waals surface area contributed by atoms with E-state index in [-0.39, 0.29) is 5.41 Å². The molecule has 0 amide bonds. The largest absolute Gasteiger partial charge is 0.376 e. The predicted octanol–water partition coefficient (Wildman–Crippen LogP) is 1.72. The van der Waals surface area contributed by atoms with E-state index in [1.165, 1.54) is 19.3 Å². The molecule has 4 unspecified atom stereocenters. The Morgan fingerprint density at radius 2 is 2.33 bits per heavy atom. The molecule has 4 atom stereocenters. The van der Waals surface area contributed by atoms with E-state index in [0.717, 1.165) is 18.9 Å². The maximum Gasteiger partial charge on any atom is 0.0862 e. The molecule has 0 aromatic rings. The summed E-state index contributed by atoms with van der Waals surface area (Å²) in [5.41, 5.74) is -0.0637. The van der Waals surface area contributed by atoms with E-state index in [2.05, 4.69) is 6.07 Å². The quantitative estimate of drug-likeness (QED) is 0.544. The van der Waals surface area contributed by atoms with Gasteiger partial charge in [-0.3, -0.25) is 0 Å². The van der Waals surface area contributed by atoms with Gasteiger partial charge < -0.3 is 4.74 Å². The predicted molar refractivity (Wildman–Crippen MR) is 43.2 cm³/mol. The fourth-order valence-electron chi connectivity index (χ4n) is 3.46. The molecule has 64 valence electrons. The first-order valence-corrected chi connectivity index (χ1v) is 4.87. The standard InChI is InChI=1S/C10H13NO/c11-5-10-4-7-1-2-8(10)9(3-7)12-6-10/h7-9H,1-4,6H2. The molecule has 0 radical (unpaired) electrons. The number of ether oxygens (including phenoxy) is 1. The number of rotatable bonds is 0. The van der Waals surface area contributed by atoms with Crippen molar-refractivity contribution in [1.82, 2.24) is 0 Å². The summed E-state index contributed by atoms with van der Waals surface area (Å²) in [6.07, 6.45) is 5.37. The molecule has 4 bridgehead atoms. The van der Waals surface area contributed by atoms with Crippen molar-refractivity contribution in [3.8, 4) is 6.07 Å². The first kappa shape index (κ1) is 6.91. The SMILES string of the molecule is N#CC12COC3CC(CCC31)C2. The Morgan fingerprint density at radius 1 is 1.42 bits per heavy atom. The molecule has 0 spiro atoms. The Kier molecular flexibility index (Phi) is 1.17. The molecule has 2 nitrogen and oxygen atoms in total. The van der Waals surface area contributed by atoms with E-state index >= 15 is 0 Å². The van der Waals surface area contributed by atoms with E-state index in [9.17, 15) is 0 Å². The molecule has 4 fully saturated rings. The van der Waals surface area contributed by atoms with Gasteiger partial charge in [-0.1, -0.05) is 0 Å². The van der Waals surface area contributed by atoms with Crippen molar-refractivity contribution in [3.63, 3.8) is 0 Å². The average Bonchev–Trinajstić information content (AvgIpc) is 2.40. The second-order valence-corrected chi connectivity index (χ2v) is 4.61. The minimum atomic E-state index is -0.0637. The molecule has 1 heterocycles. The van der Waals surface area contributed by atoms with Crippen LogP contribution in [-0.4, -0.2) is 12.7 Å². The average molecular weight is 163 g/mol. The van der Waals surface area contributed by atoms with Crippen LogP contribution in [-0.2, 0) is 4.74 Å². The van der Waals surface area contributed by atoms with Gasteiger partial charge in [-0.05, 0) is 31.6 Å². The van der Waals surface area contributed by atoms with E-state index < -0.39 is 0 Å². The molecule has 2 heteroatoms. The molecule has 4 rings (SSSR count). The summed E-state index contributed by atoms with van der Waals surface area (Å²) in [6.45, 7) is 0.718. The van der Waals surface area contributed by atoms with Gasteiger partial charge in [0.05, 0.1) is 24.2 Å². The van der Waals surface area contributed by atoms with Crippen LogP contribution in [0.4, 0.5) is 0 Å². The lowest BCUT2D eigenvalue weighted by molar-refractivity contribution is 0.0247. The Labute approximate surface area is 72.5 Å². The zero-order valence-electron chi connectivity index (χ0n) is 7.12. The summed E-state index contributed by atoms with van der Waals surface area (Å²) in [5.74, 6) is 1.37. The highest BCUT2D eigenvalue weighted by atomic mass is 16.5. The monoisotopic (exact) mass is 163 g/mol. The van der Waals surface area contributed by atoms with E-state index in [4.69, 9.17) is 10.00 Å². The lowest BCUT2D eigenvalue weighted by Crippen LogP contribution is -2.43. The molecular formula is C10H13NO. The van der Waals surface area contributed by atoms with Crippen LogP contribution in [0.25, 0.3) is 0 Å². The van der Waals surface area contributed by atoms with Gasteiger partial charge in [0.25, 0.3) is 0 Å². The fourth-order valence-corrected chi connectivity index (χ4v) is 3.46. The minimum absolute atomic E-state index is 0.0637. The lowest BCUT2D eigenvalue weighted by atomic mass is 9.57. The van der Waals surface area contributed by atoms with Crippen LogP contribution in [0.15, 0.2) is 0 Å². The molecular weight excluding hydrogens is 150 g/mol. The molecule has 4 aliphatic rings. The summed E-state index contributed by atoms with van der Waals surface area (Å²) in [6, 6.07) is 2.52. The molecule has 0 aromatic heterocycles. The molecule has 3 aliphatic carbocycles. The van der Waals surface area contributed by atoms with Gasteiger partial charge in [-0.25, -0.2) is 0 Å². The topological polar surface area (TPSA) is 33.0 Å². The number of hydrogen-bond donors (Lipinski definition) is 0. The summed E-state index contributed by atoms with van der Waals surface area (Å²) in [7, 11) is 0. The van der Waals surface area contributed by atoms with Crippen molar-refractivity contribution >= 4 is 0 Å². The van der Waals surface area contributed by atoms with Crippen LogP contribution in [0.3, 0.4) is 0 Å². The summed E-state index contributed by atoms with van der Waals surface area (Å²) >= 11 is 0. The summed E-state index contributed by atoms with van der Waals surface area (Å²) in [4.78, 5) is 0. The zero-order valence-corrected chi connectivity index (χ0v) is 7.12. The van der Waals surface area contributed by atoms with Gasteiger partial charge in [0.1, 0.15) is 0 Å². The molecule has 0 N–H and O–H groups in total. The van der Waals surface area contributed by atoms with Crippen molar-refractivity contribution in [1.29, 1.82) is 5.26 Å². The summed E-state index contributed by atoms with van der Waals surface area (Å²) < 4.78 is 5.68. The van der Waals surface area contributed by atoms with Crippen LogP contribution >= 0.6 is 0 Å². The van der Waals surface area contributed by atoms with Crippen molar-refractivity contribution < 1.29 is 4.74 Å². The third-order valence-electron chi connectivity index (χ3n) is 4.04. The molecule has 0 aromatic carbocycles. The van der Waals surface area contributed by atoms with E-state index in [1.54, 1.807) is 0 Å². The third kappa shape index (κ3) is 0.641. The van der Waals surface area contributed by atoms with Gasteiger partial charge in [0.15, 0.2) is 0 Å². The van der Waals surface area contributed by atoms with Crippen LogP contribution in [0.5, 0.6) is 0 Å². The number of nitrogens with zero attached hydrogens (tertiary/aromatic N) is 1. The maximum atomic E-state index is 9.16. The van der Waals surface area contributed by atoms with E-state index in [0.29, 0.717) is 12.0 Å². The molecule has 1 aliphatic heterocycles. The Hall–Kier alpha value is -0.550. The van der Waals surface area contributed by atoms with Crippen LogP contribution in [0.2, 0.25) is 0 Å². The molecule has 12 heavy (non-hydrogen) atoms. The Bertz CT molecular complexity index is 257. The lowest BCUT2D eigenvalue weighted by Gasteiger charge is -2.44. The van der Waals surface area contributed by atoms with E-state index in [1.807, 2.05) is 0 Å². The van der Waals surface area contributed by atoms with Gasteiger partial charge in [-0.2, -0.15) is 5.26 Å². The van der Waals surface area contributed by atoms with Crippen LogP contribution in [0, 0.1) is 28.6 Å². The van der Waals surface area contributed by atoms with Crippen LogP contribution < -0.4 is 0 Å². The highest BCUT2D eigenvalue weighted by Gasteiger charge is 2.57. The number of nitriles is 1. The molecule has 1 saturated heterocycles. The van der Waals surface area contributed by atoms with Crippen molar-refractivity contribution in [2.75, 3.05) is 6.61 Å². The number of fused-ring (bicyclic) bond motifs is 1. The molecule has 3 saturated carbocycles. The van der Waals surface area contributed by atoms with Gasteiger partial charge >= 0.3 is 0 Å². The zero-order chi connectivity index (χ0) is 8.18. The minimum Gasteiger partial charge on any atom is -0.376 e.